The molecule has 0 spiro atoms. The third kappa shape index (κ3) is 2.97. The fourth-order valence-electron chi connectivity index (χ4n) is 2.01. The van der Waals surface area contributed by atoms with Crippen molar-refractivity contribution in [3.8, 4) is 11.5 Å². The molecule has 21 heavy (non-hydrogen) atoms. The summed E-state index contributed by atoms with van der Waals surface area (Å²) in [5.74, 6) is 0.705. The lowest BCUT2D eigenvalue weighted by Gasteiger charge is -2.12. The van der Waals surface area contributed by atoms with Gasteiger partial charge in [-0.25, -0.2) is 0 Å². The highest BCUT2D eigenvalue weighted by Crippen LogP contribution is 2.36. The number of halogens is 1. The Morgan fingerprint density at radius 3 is 2.48 bits per heavy atom. The van der Waals surface area contributed by atoms with Crippen LogP contribution in [0.25, 0.3) is 0 Å². The smallest absolute Gasteiger partial charge is 0.193 e. The van der Waals surface area contributed by atoms with Crippen molar-refractivity contribution in [2.75, 3.05) is 14.2 Å². The Bertz CT molecular complexity index is 695. The second-order valence-electron chi connectivity index (χ2n) is 4.23. The van der Waals surface area contributed by atoms with Gasteiger partial charge in [-0.05, 0) is 28.1 Å². The third-order valence-corrected chi connectivity index (χ3v) is 3.62. The molecule has 0 amide bonds. The van der Waals surface area contributed by atoms with E-state index in [1.54, 1.807) is 36.4 Å². The van der Waals surface area contributed by atoms with Gasteiger partial charge in [0.15, 0.2) is 23.6 Å². The van der Waals surface area contributed by atoms with Crippen molar-refractivity contribution in [2.24, 2.45) is 0 Å². The second-order valence-corrected chi connectivity index (χ2v) is 5.08. The molecule has 2 aromatic carbocycles. The Labute approximate surface area is 130 Å². The van der Waals surface area contributed by atoms with E-state index in [0.29, 0.717) is 38.9 Å². The van der Waals surface area contributed by atoms with Gasteiger partial charge in [0.2, 0.25) is 0 Å². The van der Waals surface area contributed by atoms with Gasteiger partial charge in [-0.3, -0.25) is 9.59 Å². The predicted octanol–water partition coefficient (Wildman–Crippen LogP) is 3.51. The summed E-state index contributed by atoms with van der Waals surface area (Å²) in [6.07, 6.45) is 0.670. The summed E-state index contributed by atoms with van der Waals surface area (Å²) >= 11 is 3.35. The van der Waals surface area contributed by atoms with Crippen LogP contribution in [-0.4, -0.2) is 26.3 Å². The number of aldehydes is 1. The van der Waals surface area contributed by atoms with Crippen LogP contribution in [0.2, 0.25) is 0 Å². The Morgan fingerprint density at radius 2 is 1.86 bits per heavy atom. The van der Waals surface area contributed by atoms with E-state index < -0.39 is 0 Å². The Kier molecular flexibility index (Phi) is 4.75. The molecule has 2 rings (SSSR count). The minimum absolute atomic E-state index is 0.251. The van der Waals surface area contributed by atoms with Gasteiger partial charge in [0.1, 0.15) is 0 Å². The standard InChI is InChI=1S/C16H13BrO4/c1-20-14-8-11(7-13(17)16(14)21-2)15(19)12-6-4-3-5-10(12)9-18/h3-9H,1-2H3. The molecule has 0 saturated carbocycles. The number of ether oxygens (including phenoxy) is 2. The summed E-state index contributed by atoms with van der Waals surface area (Å²) in [4.78, 5) is 23.6. The summed E-state index contributed by atoms with van der Waals surface area (Å²) in [6, 6.07) is 9.90. The SMILES string of the molecule is COc1cc(C(=O)c2ccccc2C=O)cc(Br)c1OC. The maximum atomic E-state index is 12.6. The molecule has 4 nitrogen and oxygen atoms in total. The zero-order chi connectivity index (χ0) is 15.4. The van der Waals surface area contributed by atoms with Gasteiger partial charge < -0.3 is 9.47 Å². The molecule has 0 atom stereocenters. The molecule has 0 aliphatic rings. The first-order chi connectivity index (χ1) is 10.1. The molecule has 0 aromatic heterocycles. The van der Waals surface area contributed by atoms with E-state index in [4.69, 9.17) is 9.47 Å². The molecule has 5 heteroatoms. The van der Waals surface area contributed by atoms with Crippen LogP contribution < -0.4 is 9.47 Å². The van der Waals surface area contributed by atoms with Crippen LogP contribution in [0.5, 0.6) is 11.5 Å². The zero-order valence-electron chi connectivity index (χ0n) is 11.6. The van der Waals surface area contributed by atoms with Crippen LogP contribution in [0.1, 0.15) is 26.3 Å². The van der Waals surface area contributed by atoms with Crippen LogP contribution in [-0.2, 0) is 0 Å². The first-order valence-corrected chi connectivity index (χ1v) is 6.92. The highest BCUT2D eigenvalue weighted by atomic mass is 79.9. The monoisotopic (exact) mass is 348 g/mol. The average Bonchev–Trinajstić information content (AvgIpc) is 2.53. The highest BCUT2D eigenvalue weighted by molar-refractivity contribution is 9.10. The molecular weight excluding hydrogens is 336 g/mol. The molecule has 0 aliphatic heterocycles. The van der Waals surface area contributed by atoms with Gasteiger partial charge in [0.25, 0.3) is 0 Å². The lowest BCUT2D eigenvalue weighted by molar-refractivity contribution is 0.102. The number of carbonyl (C=O) groups excluding carboxylic acids is 2. The van der Waals surface area contributed by atoms with Crippen molar-refractivity contribution >= 4 is 28.0 Å². The van der Waals surface area contributed by atoms with Gasteiger partial charge in [-0.15, -0.1) is 0 Å². The normalized spacial score (nSPS) is 10.0. The van der Waals surface area contributed by atoms with E-state index in [1.165, 1.54) is 14.2 Å². The van der Waals surface area contributed by atoms with Crippen LogP contribution in [0.3, 0.4) is 0 Å². The van der Waals surface area contributed by atoms with Crippen molar-refractivity contribution in [1.82, 2.24) is 0 Å². The fraction of sp³-hybridized carbons (Fsp3) is 0.125. The highest BCUT2D eigenvalue weighted by Gasteiger charge is 2.18. The number of carbonyl (C=O) groups is 2. The van der Waals surface area contributed by atoms with Gasteiger partial charge >= 0.3 is 0 Å². The van der Waals surface area contributed by atoms with E-state index in [9.17, 15) is 9.59 Å². The first-order valence-electron chi connectivity index (χ1n) is 6.12. The van der Waals surface area contributed by atoms with Gasteiger partial charge in [0, 0.05) is 16.7 Å². The van der Waals surface area contributed by atoms with Gasteiger partial charge in [0.05, 0.1) is 18.7 Å². The van der Waals surface area contributed by atoms with Crippen LogP contribution in [0, 0.1) is 0 Å². The summed E-state index contributed by atoms with van der Waals surface area (Å²) in [5, 5.41) is 0. The van der Waals surface area contributed by atoms with E-state index in [2.05, 4.69) is 15.9 Å². The molecule has 0 N–H and O–H groups in total. The van der Waals surface area contributed by atoms with E-state index in [1.807, 2.05) is 0 Å². The molecule has 0 unspecified atom stereocenters. The van der Waals surface area contributed by atoms with Crippen molar-refractivity contribution in [3.05, 3.63) is 57.6 Å². The number of methoxy groups -OCH3 is 2. The molecule has 2 aromatic rings. The summed E-state index contributed by atoms with van der Waals surface area (Å²) < 4.78 is 11.0. The minimum Gasteiger partial charge on any atom is -0.493 e. The van der Waals surface area contributed by atoms with E-state index in [0.717, 1.165) is 0 Å². The van der Waals surface area contributed by atoms with Crippen molar-refractivity contribution < 1.29 is 19.1 Å². The second kappa shape index (κ2) is 6.54. The van der Waals surface area contributed by atoms with Gasteiger partial charge in [-0.2, -0.15) is 0 Å². The van der Waals surface area contributed by atoms with Gasteiger partial charge in [-0.1, -0.05) is 24.3 Å². The molecule has 0 heterocycles. The Balaban J connectivity index is 2.54. The summed E-state index contributed by atoms with van der Waals surface area (Å²) in [6.45, 7) is 0. The molecular formula is C16H13BrO4. The van der Waals surface area contributed by atoms with Crippen molar-refractivity contribution in [2.45, 2.75) is 0 Å². The van der Waals surface area contributed by atoms with E-state index >= 15 is 0 Å². The first kappa shape index (κ1) is 15.3. The van der Waals surface area contributed by atoms with Crippen molar-refractivity contribution in [3.63, 3.8) is 0 Å². The molecule has 108 valence electrons. The van der Waals surface area contributed by atoms with Crippen LogP contribution >= 0.6 is 15.9 Å². The number of rotatable bonds is 5. The fourth-order valence-corrected chi connectivity index (χ4v) is 2.61. The quantitative estimate of drug-likeness (QED) is 0.612. The Morgan fingerprint density at radius 1 is 1.14 bits per heavy atom. The van der Waals surface area contributed by atoms with Crippen LogP contribution in [0.4, 0.5) is 0 Å². The molecule has 0 bridgehead atoms. The lowest BCUT2D eigenvalue weighted by Crippen LogP contribution is -2.06. The van der Waals surface area contributed by atoms with E-state index in [-0.39, 0.29) is 5.78 Å². The summed E-state index contributed by atoms with van der Waals surface area (Å²) in [7, 11) is 3.02. The topological polar surface area (TPSA) is 52.6 Å². The predicted molar refractivity (Wildman–Crippen MR) is 82.5 cm³/mol. The summed E-state index contributed by atoms with van der Waals surface area (Å²) in [5.41, 5.74) is 1.12. The zero-order valence-corrected chi connectivity index (χ0v) is 13.1. The van der Waals surface area contributed by atoms with Crippen LogP contribution in [0.15, 0.2) is 40.9 Å². The number of ketones is 1. The largest absolute Gasteiger partial charge is 0.493 e. The lowest BCUT2D eigenvalue weighted by atomic mass is 9.99. The molecule has 0 saturated heterocycles. The number of benzene rings is 2. The molecule has 0 fully saturated rings. The minimum atomic E-state index is -0.251. The maximum Gasteiger partial charge on any atom is 0.193 e. The molecule has 0 aliphatic carbocycles. The Hall–Kier alpha value is -2.14. The third-order valence-electron chi connectivity index (χ3n) is 3.03. The number of hydrogen-bond donors (Lipinski definition) is 0. The molecule has 0 radical (unpaired) electrons. The van der Waals surface area contributed by atoms with Crippen molar-refractivity contribution in [1.29, 1.82) is 0 Å². The maximum absolute atomic E-state index is 12.6. The average molecular weight is 349 g/mol. The number of hydrogen-bond acceptors (Lipinski definition) is 4.